The molecule has 192 valence electrons. The maximum Gasteiger partial charge on any atom is 0.161 e. The van der Waals surface area contributed by atoms with Crippen molar-refractivity contribution in [2.75, 3.05) is 4.90 Å². The third kappa shape index (κ3) is 4.73. The number of nitrogens with zero attached hydrogens (tertiary/aromatic N) is 2. The summed E-state index contributed by atoms with van der Waals surface area (Å²) in [5.41, 5.74) is 13.4. The first kappa shape index (κ1) is 26.1. The minimum Gasteiger partial charge on any atom is -0.489 e. The number of ether oxygens (including phenoxy) is 1. The van der Waals surface area contributed by atoms with E-state index in [-0.39, 0.29) is 5.78 Å². The molecule has 0 bridgehead atoms. The lowest BCUT2D eigenvalue weighted by atomic mass is 9.74. The van der Waals surface area contributed by atoms with Crippen LogP contribution in [-0.4, -0.2) is 5.78 Å². The van der Waals surface area contributed by atoms with Crippen LogP contribution in [0.1, 0.15) is 47.4 Å². The average molecular weight is 589 g/mol. The molecule has 2 N–H and O–H groups in total. The van der Waals surface area contributed by atoms with E-state index in [1.807, 2.05) is 55.1 Å². The molecule has 1 heterocycles. The molecule has 0 amide bonds. The van der Waals surface area contributed by atoms with Gasteiger partial charge in [0, 0.05) is 27.2 Å². The Hall–Kier alpha value is -3.53. The number of hydrogen-bond acceptors (Lipinski definition) is 5. The summed E-state index contributed by atoms with van der Waals surface area (Å²) in [6, 6.07) is 21.5. The summed E-state index contributed by atoms with van der Waals surface area (Å²) in [5, 5.41) is 11.0. The largest absolute Gasteiger partial charge is 0.489 e. The van der Waals surface area contributed by atoms with Crippen molar-refractivity contribution in [1.82, 2.24) is 0 Å². The molecule has 7 heteroatoms. The first-order chi connectivity index (χ1) is 18.3. The van der Waals surface area contributed by atoms with Crippen LogP contribution in [0.15, 0.2) is 87.8 Å². The van der Waals surface area contributed by atoms with Crippen molar-refractivity contribution >= 4 is 39.0 Å². The third-order valence-corrected chi connectivity index (χ3v) is 8.17. The van der Waals surface area contributed by atoms with Crippen molar-refractivity contribution in [3.8, 4) is 11.8 Å². The lowest BCUT2D eigenvalue weighted by Crippen LogP contribution is -2.39. The molecule has 1 aliphatic carbocycles. The second-order valence-corrected chi connectivity index (χ2v) is 10.9. The van der Waals surface area contributed by atoms with Crippen molar-refractivity contribution in [2.45, 2.75) is 45.6 Å². The molecular formula is C31H27BrClN3O2. The molecule has 0 aromatic heterocycles. The zero-order valence-electron chi connectivity index (χ0n) is 21.2. The molecule has 0 saturated heterocycles. The zero-order chi connectivity index (χ0) is 27.0. The Balaban J connectivity index is 1.63. The number of rotatable bonds is 5. The highest BCUT2D eigenvalue weighted by molar-refractivity contribution is 9.10. The molecule has 0 fully saturated rings. The number of carbonyl (C=O) groups is 1. The fraction of sp³-hybridized carbons (Fsp3) is 0.226. The van der Waals surface area contributed by atoms with Gasteiger partial charge >= 0.3 is 0 Å². The number of ketones is 1. The number of allylic oxidation sites excluding steroid dienone is 3. The van der Waals surface area contributed by atoms with Gasteiger partial charge in [0.2, 0.25) is 0 Å². The molecule has 1 unspecified atom stereocenters. The standard InChI is InChI=1S/C31H27BrClN3O2/c1-18-14-19(2)23(15-20(18)17-38-22-12-10-21(33)11-13-22)29-24(16-34)31(35)36(26-7-4-3-6-25(26)32)27-8-5-9-28(37)30(27)29/h3-4,6-7,10-15,29H,5,8-9,17,35H2,1-2H3. The van der Waals surface area contributed by atoms with Gasteiger partial charge < -0.3 is 10.5 Å². The van der Waals surface area contributed by atoms with E-state index in [4.69, 9.17) is 22.1 Å². The highest BCUT2D eigenvalue weighted by Gasteiger charge is 2.41. The van der Waals surface area contributed by atoms with Gasteiger partial charge in [0.15, 0.2) is 5.78 Å². The van der Waals surface area contributed by atoms with Crippen LogP contribution in [-0.2, 0) is 11.4 Å². The minimum atomic E-state index is -0.531. The van der Waals surface area contributed by atoms with E-state index >= 15 is 0 Å². The average Bonchev–Trinajstić information content (AvgIpc) is 2.89. The van der Waals surface area contributed by atoms with Gasteiger partial charge in [-0.05, 0) is 101 Å². The number of nitrogens with two attached hydrogens (primary N) is 1. The Morgan fingerprint density at radius 2 is 1.84 bits per heavy atom. The Morgan fingerprint density at radius 1 is 1.11 bits per heavy atom. The predicted octanol–water partition coefficient (Wildman–Crippen LogP) is 7.60. The third-order valence-electron chi connectivity index (χ3n) is 7.25. The van der Waals surface area contributed by atoms with E-state index in [2.05, 4.69) is 34.1 Å². The van der Waals surface area contributed by atoms with Crippen LogP contribution in [0, 0.1) is 25.2 Å². The van der Waals surface area contributed by atoms with E-state index in [0.29, 0.717) is 47.2 Å². The molecule has 0 saturated carbocycles. The fourth-order valence-corrected chi connectivity index (χ4v) is 5.97. The van der Waals surface area contributed by atoms with Gasteiger partial charge in [-0.2, -0.15) is 5.26 Å². The zero-order valence-corrected chi connectivity index (χ0v) is 23.6. The van der Waals surface area contributed by atoms with Gasteiger partial charge in [0.05, 0.1) is 23.2 Å². The highest BCUT2D eigenvalue weighted by Crippen LogP contribution is 2.48. The van der Waals surface area contributed by atoms with E-state index < -0.39 is 5.92 Å². The molecule has 0 spiro atoms. The maximum absolute atomic E-state index is 13.5. The summed E-state index contributed by atoms with van der Waals surface area (Å²) >= 11 is 9.64. The number of hydrogen-bond donors (Lipinski definition) is 1. The summed E-state index contributed by atoms with van der Waals surface area (Å²) in [4.78, 5) is 15.4. The first-order valence-electron chi connectivity index (χ1n) is 12.5. The fourth-order valence-electron chi connectivity index (χ4n) is 5.38. The summed E-state index contributed by atoms with van der Waals surface area (Å²) in [6.07, 6.45) is 1.90. The van der Waals surface area contributed by atoms with Crippen LogP contribution < -0.4 is 15.4 Å². The Labute approximate surface area is 236 Å². The number of para-hydroxylation sites is 1. The van der Waals surface area contributed by atoms with Crippen molar-refractivity contribution in [2.24, 2.45) is 5.73 Å². The molecular weight excluding hydrogens is 562 g/mol. The molecule has 3 aromatic carbocycles. The molecule has 5 nitrogen and oxygen atoms in total. The quantitative estimate of drug-likeness (QED) is 0.332. The normalized spacial score (nSPS) is 17.4. The molecule has 5 rings (SSSR count). The topological polar surface area (TPSA) is 79.4 Å². The summed E-state index contributed by atoms with van der Waals surface area (Å²) in [6.45, 7) is 4.40. The van der Waals surface area contributed by atoms with E-state index in [1.165, 1.54) is 0 Å². The summed E-state index contributed by atoms with van der Waals surface area (Å²) in [7, 11) is 0. The molecule has 0 radical (unpaired) electrons. The van der Waals surface area contributed by atoms with Crippen LogP contribution in [0.3, 0.4) is 0 Å². The lowest BCUT2D eigenvalue weighted by molar-refractivity contribution is -0.116. The minimum absolute atomic E-state index is 0.0625. The second-order valence-electron chi connectivity index (χ2n) is 9.65. The Morgan fingerprint density at radius 3 is 2.55 bits per heavy atom. The van der Waals surface area contributed by atoms with Crippen LogP contribution in [0.4, 0.5) is 5.69 Å². The maximum atomic E-state index is 13.5. The van der Waals surface area contributed by atoms with Crippen molar-refractivity contribution in [3.05, 3.63) is 115 Å². The molecule has 38 heavy (non-hydrogen) atoms. The van der Waals surface area contributed by atoms with Crippen LogP contribution in [0.2, 0.25) is 5.02 Å². The van der Waals surface area contributed by atoms with E-state index in [0.717, 1.165) is 44.5 Å². The number of benzene rings is 3. The SMILES string of the molecule is Cc1cc(C)c(C2C(C#N)=C(N)N(c3ccccc3Br)C3=C2C(=O)CCC3)cc1COc1ccc(Cl)cc1. The summed E-state index contributed by atoms with van der Waals surface area (Å²) in [5.74, 6) is 0.604. The first-order valence-corrected chi connectivity index (χ1v) is 13.7. The molecule has 2 aliphatic rings. The van der Waals surface area contributed by atoms with Crippen LogP contribution >= 0.6 is 27.5 Å². The van der Waals surface area contributed by atoms with E-state index in [9.17, 15) is 10.1 Å². The second kappa shape index (κ2) is 10.7. The number of anilines is 1. The Bertz CT molecular complexity index is 1540. The molecule has 1 aliphatic heterocycles. The number of aryl methyl sites for hydroxylation is 2. The number of halogens is 2. The highest BCUT2D eigenvalue weighted by atomic mass is 79.9. The van der Waals surface area contributed by atoms with Gasteiger partial charge in [-0.1, -0.05) is 35.9 Å². The van der Waals surface area contributed by atoms with Crippen molar-refractivity contribution in [3.63, 3.8) is 0 Å². The van der Waals surface area contributed by atoms with Crippen molar-refractivity contribution in [1.29, 1.82) is 5.26 Å². The number of carbonyl (C=O) groups excluding carboxylic acids is 1. The Kier molecular flexibility index (Phi) is 7.34. The van der Waals surface area contributed by atoms with Gasteiger partial charge in [0.1, 0.15) is 18.2 Å². The summed E-state index contributed by atoms with van der Waals surface area (Å²) < 4.78 is 6.89. The predicted molar refractivity (Wildman–Crippen MR) is 154 cm³/mol. The molecule has 3 aromatic rings. The smallest absolute Gasteiger partial charge is 0.161 e. The van der Waals surface area contributed by atoms with Gasteiger partial charge in [-0.3, -0.25) is 9.69 Å². The van der Waals surface area contributed by atoms with Gasteiger partial charge in [0.25, 0.3) is 0 Å². The monoisotopic (exact) mass is 587 g/mol. The number of Topliss-reactive ketones (excluding diaryl/α,β-unsaturated/α-hetero) is 1. The van der Waals surface area contributed by atoms with Crippen LogP contribution in [0.5, 0.6) is 5.75 Å². The van der Waals surface area contributed by atoms with Gasteiger partial charge in [-0.25, -0.2) is 0 Å². The molecule has 1 atom stereocenters. The lowest BCUT2D eigenvalue weighted by Gasteiger charge is -2.40. The number of nitriles is 1. The van der Waals surface area contributed by atoms with Crippen LogP contribution in [0.25, 0.3) is 0 Å². The van der Waals surface area contributed by atoms with Crippen molar-refractivity contribution < 1.29 is 9.53 Å². The van der Waals surface area contributed by atoms with Gasteiger partial charge in [-0.15, -0.1) is 0 Å². The van der Waals surface area contributed by atoms with E-state index in [1.54, 1.807) is 12.1 Å².